The predicted molar refractivity (Wildman–Crippen MR) is 57.2 cm³/mol. The molecule has 0 saturated heterocycles. The quantitative estimate of drug-likeness (QED) is 0.582. The zero-order valence-electron chi connectivity index (χ0n) is 9.04. The summed E-state index contributed by atoms with van der Waals surface area (Å²) in [6.07, 6.45) is 1.45. The molecule has 2 heterocycles. The van der Waals surface area contributed by atoms with Crippen molar-refractivity contribution in [3.05, 3.63) is 32.1 Å². The molecule has 0 spiro atoms. The lowest BCUT2D eigenvalue weighted by molar-refractivity contribution is 0.637. The van der Waals surface area contributed by atoms with Crippen LogP contribution >= 0.6 is 0 Å². The fourth-order valence-electron chi connectivity index (χ4n) is 2.07. The van der Waals surface area contributed by atoms with Gasteiger partial charge in [-0.15, -0.1) is 0 Å². The van der Waals surface area contributed by atoms with Gasteiger partial charge < -0.3 is 9.88 Å². The summed E-state index contributed by atoms with van der Waals surface area (Å²) in [5, 5.41) is 3.22. The van der Waals surface area contributed by atoms with Crippen LogP contribution in [0.1, 0.15) is 11.3 Å². The molecule has 0 amide bonds. The van der Waals surface area contributed by atoms with Gasteiger partial charge in [0.25, 0.3) is 5.56 Å². The Morgan fingerprint density at radius 2 is 1.73 bits per heavy atom. The lowest BCUT2D eigenvalue weighted by Crippen LogP contribution is -2.41. The van der Waals surface area contributed by atoms with Gasteiger partial charge in [-0.25, -0.2) is 4.79 Å². The van der Waals surface area contributed by atoms with Crippen molar-refractivity contribution in [3.63, 3.8) is 0 Å². The van der Waals surface area contributed by atoms with Crippen LogP contribution in [-0.2, 0) is 26.9 Å². The van der Waals surface area contributed by atoms with Crippen LogP contribution in [0, 0.1) is 0 Å². The lowest BCUT2D eigenvalue weighted by Gasteiger charge is -2.11. The van der Waals surface area contributed by atoms with E-state index in [1.165, 1.54) is 11.6 Å². The average Bonchev–Trinajstić information content (AvgIpc) is 2.48. The van der Waals surface area contributed by atoms with Crippen molar-refractivity contribution in [1.29, 1.82) is 0 Å². The van der Waals surface area contributed by atoms with Gasteiger partial charge in [-0.05, 0) is 13.0 Å². The fourth-order valence-corrected chi connectivity index (χ4v) is 2.07. The zero-order valence-corrected chi connectivity index (χ0v) is 9.04. The van der Waals surface area contributed by atoms with E-state index in [0.29, 0.717) is 6.42 Å². The molecule has 15 heavy (non-hydrogen) atoms. The first-order chi connectivity index (χ1) is 7.13. The number of aromatic nitrogens is 2. The van der Waals surface area contributed by atoms with Crippen LogP contribution in [0.3, 0.4) is 0 Å². The number of hydrogen-bond donors (Lipinski definition) is 1. The molecule has 82 valence electrons. The van der Waals surface area contributed by atoms with E-state index in [1.54, 1.807) is 11.6 Å². The molecular formula is C10H15N3O2. The minimum Gasteiger partial charge on any atom is -0.316 e. The SMILES string of the molecule is Cn1c2c(c(=O)n(C)c1=O)CCNCC2. The first kappa shape index (κ1) is 10.2. The van der Waals surface area contributed by atoms with Gasteiger partial charge in [-0.2, -0.15) is 0 Å². The van der Waals surface area contributed by atoms with Gasteiger partial charge in [0, 0.05) is 38.3 Å². The van der Waals surface area contributed by atoms with Gasteiger partial charge in [0.05, 0.1) is 0 Å². The number of fused-ring (bicyclic) bond motifs is 1. The van der Waals surface area contributed by atoms with Crippen LogP contribution in [-0.4, -0.2) is 22.2 Å². The van der Waals surface area contributed by atoms with Crippen LogP contribution in [0.4, 0.5) is 0 Å². The van der Waals surface area contributed by atoms with E-state index in [1.807, 2.05) is 0 Å². The monoisotopic (exact) mass is 209 g/mol. The van der Waals surface area contributed by atoms with Crippen molar-refractivity contribution in [3.8, 4) is 0 Å². The molecule has 5 nitrogen and oxygen atoms in total. The Bertz CT molecular complexity index is 499. The molecule has 0 aliphatic carbocycles. The summed E-state index contributed by atoms with van der Waals surface area (Å²) in [4.78, 5) is 23.5. The van der Waals surface area contributed by atoms with Gasteiger partial charge >= 0.3 is 5.69 Å². The molecule has 0 unspecified atom stereocenters. The van der Waals surface area contributed by atoms with Gasteiger partial charge in [0.15, 0.2) is 0 Å². The Balaban J connectivity index is 2.77. The summed E-state index contributed by atoms with van der Waals surface area (Å²) in [5.41, 5.74) is 1.29. The summed E-state index contributed by atoms with van der Waals surface area (Å²) >= 11 is 0. The Kier molecular flexibility index (Phi) is 2.48. The lowest BCUT2D eigenvalue weighted by atomic mass is 10.1. The topological polar surface area (TPSA) is 56.0 Å². The standard InChI is InChI=1S/C10H15N3O2/c1-12-8-4-6-11-5-3-7(8)9(14)13(2)10(12)15/h11H,3-6H2,1-2H3. The van der Waals surface area contributed by atoms with E-state index in [-0.39, 0.29) is 11.2 Å². The molecular weight excluding hydrogens is 194 g/mol. The first-order valence-corrected chi connectivity index (χ1v) is 5.11. The average molecular weight is 209 g/mol. The molecule has 1 aromatic heterocycles. The summed E-state index contributed by atoms with van der Waals surface area (Å²) < 4.78 is 2.77. The van der Waals surface area contributed by atoms with E-state index in [0.717, 1.165) is 30.8 Å². The summed E-state index contributed by atoms with van der Waals surface area (Å²) in [7, 11) is 3.26. The Morgan fingerprint density at radius 1 is 1.07 bits per heavy atom. The van der Waals surface area contributed by atoms with Gasteiger partial charge in [-0.3, -0.25) is 9.36 Å². The molecule has 0 fully saturated rings. The molecule has 1 aliphatic heterocycles. The Hall–Kier alpha value is -1.36. The minimum atomic E-state index is -0.236. The summed E-state index contributed by atoms with van der Waals surface area (Å²) in [6, 6.07) is 0. The maximum absolute atomic E-state index is 11.9. The second kappa shape index (κ2) is 3.66. The van der Waals surface area contributed by atoms with Crippen molar-refractivity contribution >= 4 is 0 Å². The molecule has 1 aliphatic rings. The van der Waals surface area contributed by atoms with Crippen molar-refractivity contribution in [2.24, 2.45) is 14.1 Å². The van der Waals surface area contributed by atoms with Crippen LogP contribution in [0.25, 0.3) is 0 Å². The molecule has 2 rings (SSSR count). The number of nitrogens with one attached hydrogen (secondary N) is 1. The van der Waals surface area contributed by atoms with Crippen molar-refractivity contribution in [2.75, 3.05) is 13.1 Å². The summed E-state index contributed by atoms with van der Waals surface area (Å²) in [6.45, 7) is 1.63. The highest BCUT2D eigenvalue weighted by Crippen LogP contribution is 2.05. The smallest absolute Gasteiger partial charge is 0.316 e. The second-order valence-electron chi connectivity index (χ2n) is 3.88. The van der Waals surface area contributed by atoms with Crippen molar-refractivity contribution < 1.29 is 0 Å². The van der Waals surface area contributed by atoms with Crippen LogP contribution in [0.15, 0.2) is 9.59 Å². The highest BCUT2D eigenvalue weighted by Gasteiger charge is 2.16. The third kappa shape index (κ3) is 1.52. The van der Waals surface area contributed by atoms with E-state index < -0.39 is 0 Å². The maximum Gasteiger partial charge on any atom is 0.330 e. The maximum atomic E-state index is 11.9. The van der Waals surface area contributed by atoms with Crippen LogP contribution in [0.5, 0.6) is 0 Å². The molecule has 0 radical (unpaired) electrons. The predicted octanol–water partition coefficient (Wildman–Crippen LogP) is -1.23. The van der Waals surface area contributed by atoms with Crippen molar-refractivity contribution in [1.82, 2.24) is 14.5 Å². The highest BCUT2D eigenvalue weighted by atomic mass is 16.2. The molecule has 0 bridgehead atoms. The van der Waals surface area contributed by atoms with Crippen molar-refractivity contribution in [2.45, 2.75) is 12.8 Å². The normalized spacial score (nSPS) is 15.9. The van der Waals surface area contributed by atoms with Gasteiger partial charge in [0.1, 0.15) is 0 Å². The molecule has 0 aromatic carbocycles. The van der Waals surface area contributed by atoms with E-state index in [9.17, 15) is 9.59 Å². The fraction of sp³-hybridized carbons (Fsp3) is 0.600. The third-order valence-corrected chi connectivity index (χ3v) is 2.98. The number of rotatable bonds is 0. The Labute approximate surface area is 87.3 Å². The minimum absolute atomic E-state index is 0.142. The largest absolute Gasteiger partial charge is 0.330 e. The highest BCUT2D eigenvalue weighted by molar-refractivity contribution is 5.20. The van der Waals surface area contributed by atoms with E-state index >= 15 is 0 Å². The molecule has 1 N–H and O–H groups in total. The first-order valence-electron chi connectivity index (χ1n) is 5.11. The second-order valence-corrected chi connectivity index (χ2v) is 3.88. The zero-order chi connectivity index (χ0) is 11.0. The molecule has 5 heteroatoms. The number of nitrogens with zero attached hydrogens (tertiary/aromatic N) is 2. The van der Waals surface area contributed by atoms with E-state index in [2.05, 4.69) is 5.32 Å². The van der Waals surface area contributed by atoms with Gasteiger partial charge in [0.2, 0.25) is 0 Å². The molecule has 0 atom stereocenters. The summed E-state index contributed by atoms with van der Waals surface area (Å²) in [5.74, 6) is 0. The number of hydrogen-bond acceptors (Lipinski definition) is 3. The van der Waals surface area contributed by atoms with Crippen LogP contribution < -0.4 is 16.6 Å². The molecule has 1 aromatic rings. The molecule has 0 saturated carbocycles. The third-order valence-electron chi connectivity index (χ3n) is 2.98. The van der Waals surface area contributed by atoms with Crippen LogP contribution in [0.2, 0.25) is 0 Å². The Morgan fingerprint density at radius 3 is 2.47 bits per heavy atom. The van der Waals surface area contributed by atoms with Gasteiger partial charge in [-0.1, -0.05) is 0 Å². The van der Waals surface area contributed by atoms with E-state index in [4.69, 9.17) is 0 Å².